The van der Waals surface area contributed by atoms with E-state index in [0.29, 0.717) is 11.9 Å². The monoisotopic (exact) mass is 352 g/mol. The molecule has 2 aliphatic rings. The first kappa shape index (κ1) is 17.4. The van der Waals surface area contributed by atoms with Crippen LogP contribution >= 0.6 is 0 Å². The van der Waals surface area contributed by atoms with E-state index in [9.17, 15) is 4.79 Å². The molecule has 1 aromatic heterocycles. The maximum Gasteiger partial charge on any atom is 0.222 e. The molecule has 0 aliphatic carbocycles. The largest absolute Gasteiger partial charge is 0.343 e. The molecule has 1 atom stereocenters. The Balaban J connectivity index is 1.46. The van der Waals surface area contributed by atoms with Crippen LogP contribution in [0.4, 0.5) is 0 Å². The van der Waals surface area contributed by atoms with Crippen molar-refractivity contribution in [3.05, 3.63) is 35.7 Å². The topological polar surface area (TPSA) is 49.3 Å². The minimum atomic E-state index is 0.337. The van der Waals surface area contributed by atoms with E-state index in [1.54, 1.807) is 0 Å². The number of carbonyl (C=O) groups is 1. The molecule has 138 valence electrons. The number of likely N-dealkylation sites (tertiary alicyclic amines) is 2. The molecule has 2 aliphatic heterocycles. The van der Waals surface area contributed by atoms with E-state index in [1.165, 1.54) is 19.3 Å². The molecule has 5 nitrogen and oxygen atoms in total. The number of hydrogen-bond acceptors (Lipinski definition) is 4. The minimum Gasteiger partial charge on any atom is -0.343 e. The summed E-state index contributed by atoms with van der Waals surface area (Å²) in [4.78, 5) is 26.1. The van der Waals surface area contributed by atoms with Crippen molar-refractivity contribution in [3.8, 4) is 0 Å². The van der Waals surface area contributed by atoms with E-state index in [1.807, 2.05) is 29.2 Å². The van der Waals surface area contributed by atoms with Crippen LogP contribution in [-0.2, 0) is 11.3 Å². The number of aryl methyl sites for hydroxylation is 1. The molecule has 2 aromatic rings. The fraction of sp³-hybridized carbons (Fsp3) is 0.571. The van der Waals surface area contributed by atoms with Gasteiger partial charge in [0.1, 0.15) is 0 Å². The Bertz CT molecular complexity index is 791. The van der Waals surface area contributed by atoms with Gasteiger partial charge in [-0.2, -0.15) is 0 Å². The van der Waals surface area contributed by atoms with Crippen molar-refractivity contribution >= 4 is 16.9 Å². The third-order valence-electron chi connectivity index (χ3n) is 5.85. The second-order valence-electron chi connectivity index (χ2n) is 7.64. The molecule has 0 spiro atoms. The summed E-state index contributed by atoms with van der Waals surface area (Å²) in [7, 11) is 0. The van der Waals surface area contributed by atoms with Crippen LogP contribution in [0.3, 0.4) is 0 Å². The minimum absolute atomic E-state index is 0.337. The Morgan fingerprint density at radius 2 is 1.88 bits per heavy atom. The van der Waals surface area contributed by atoms with Crippen molar-refractivity contribution in [2.24, 2.45) is 0 Å². The lowest BCUT2D eigenvalue weighted by Gasteiger charge is -2.36. The van der Waals surface area contributed by atoms with Crippen LogP contribution in [-0.4, -0.2) is 51.4 Å². The summed E-state index contributed by atoms with van der Waals surface area (Å²) in [5.41, 5.74) is 4.07. The Morgan fingerprint density at radius 3 is 2.65 bits per heavy atom. The van der Waals surface area contributed by atoms with Gasteiger partial charge >= 0.3 is 0 Å². The Morgan fingerprint density at radius 1 is 1.08 bits per heavy atom. The number of aromatic nitrogens is 2. The summed E-state index contributed by atoms with van der Waals surface area (Å²) in [6.07, 6.45) is 6.60. The van der Waals surface area contributed by atoms with Gasteiger partial charge in [-0.3, -0.25) is 9.69 Å². The molecule has 3 heterocycles. The molecular formula is C21H28N4O. The van der Waals surface area contributed by atoms with E-state index in [4.69, 9.17) is 9.97 Å². The lowest BCUT2D eigenvalue weighted by Crippen LogP contribution is -2.41. The predicted molar refractivity (Wildman–Crippen MR) is 103 cm³/mol. The summed E-state index contributed by atoms with van der Waals surface area (Å²) in [6, 6.07) is 8.64. The number of rotatable bonds is 5. The summed E-state index contributed by atoms with van der Waals surface area (Å²) in [5, 5.41) is 0. The second-order valence-corrected chi connectivity index (χ2v) is 7.64. The normalized spacial score (nSPS) is 21.7. The van der Waals surface area contributed by atoms with Crippen LogP contribution < -0.4 is 0 Å². The quantitative estimate of drug-likeness (QED) is 0.828. The first-order valence-electron chi connectivity index (χ1n) is 9.95. The van der Waals surface area contributed by atoms with Gasteiger partial charge in [0.15, 0.2) is 0 Å². The van der Waals surface area contributed by atoms with Gasteiger partial charge in [-0.25, -0.2) is 9.97 Å². The van der Waals surface area contributed by atoms with E-state index in [0.717, 1.165) is 67.9 Å². The highest BCUT2D eigenvalue weighted by Crippen LogP contribution is 2.24. The molecule has 4 rings (SSSR count). The van der Waals surface area contributed by atoms with Crippen LogP contribution in [0.2, 0.25) is 0 Å². The number of carbonyl (C=O) groups excluding carboxylic acids is 1. The van der Waals surface area contributed by atoms with Crippen LogP contribution in [0.1, 0.15) is 49.9 Å². The van der Waals surface area contributed by atoms with Gasteiger partial charge in [0.25, 0.3) is 0 Å². The lowest BCUT2D eigenvalue weighted by atomic mass is 9.98. The number of amides is 1. The molecule has 1 aromatic carbocycles. The molecule has 0 radical (unpaired) electrons. The van der Waals surface area contributed by atoms with E-state index >= 15 is 0 Å². The zero-order valence-electron chi connectivity index (χ0n) is 15.7. The molecule has 26 heavy (non-hydrogen) atoms. The van der Waals surface area contributed by atoms with Gasteiger partial charge in [0.2, 0.25) is 5.91 Å². The van der Waals surface area contributed by atoms with Gasteiger partial charge in [-0.15, -0.1) is 0 Å². The zero-order chi connectivity index (χ0) is 17.9. The molecule has 0 N–H and O–H groups in total. The predicted octanol–water partition coefficient (Wildman–Crippen LogP) is 3.31. The summed E-state index contributed by atoms with van der Waals surface area (Å²) in [5.74, 6) is 0.337. The summed E-state index contributed by atoms with van der Waals surface area (Å²) >= 11 is 0. The van der Waals surface area contributed by atoms with Crippen LogP contribution in [0.5, 0.6) is 0 Å². The SMILES string of the molecule is Cc1nc2ccccc2nc1CN1CCCC[C@@H]1CCN1CCCC1=O. The van der Waals surface area contributed by atoms with Crippen molar-refractivity contribution in [2.75, 3.05) is 19.6 Å². The van der Waals surface area contributed by atoms with Crippen molar-refractivity contribution in [1.82, 2.24) is 19.8 Å². The molecule has 0 bridgehead atoms. The number of nitrogens with zero attached hydrogens (tertiary/aromatic N) is 4. The smallest absolute Gasteiger partial charge is 0.222 e. The lowest BCUT2D eigenvalue weighted by molar-refractivity contribution is -0.127. The average molecular weight is 352 g/mol. The van der Waals surface area contributed by atoms with Crippen LogP contribution in [0.15, 0.2) is 24.3 Å². The maximum absolute atomic E-state index is 11.9. The standard InChI is InChI=1S/C21H28N4O/c1-16-20(23-19-9-3-2-8-18(19)22-16)15-25-12-5-4-7-17(25)11-14-24-13-6-10-21(24)26/h2-3,8-9,17H,4-7,10-15H2,1H3/t17-/m1/s1. The highest BCUT2D eigenvalue weighted by molar-refractivity contribution is 5.78. The van der Waals surface area contributed by atoms with E-state index in [2.05, 4.69) is 11.8 Å². The van der Waals surface area contributed by atoms with Crippen molar-refractivity contribution in [2.45, 2.75) is 58.0 Å². The van der Waals surface area contributed by atoms with Crippen molar-refractivity contribution < 1.29 is 4.79 Å². The zero-order valence-corrected chi connectivity index (χ0v) is 15.7. The van der Waals surface area contributed by atoms with Crippen LogP contribution in [0.25, 0.3) is 11.0 Å². The number of benzene rings is 1. The number of para-hydroxylation sites is 2. The number of piperidine rings is 1. The first-order valence-corrected chi connectivity index (χ1v) is 9.95. The van der Waals surface area contributed by atoms with Crippen LogP contribution in [0, 0.1) is 6.92 Å². The molecule has 5 heteroatoms. The molecule has 1 amide bonds. The molecule has 2 saturated heterocycles. The van der Waals surface area contributed by atoms with E-state index < -0.39 is 0 Å². The van der Waals surface area contributed by atoms with Gasteiger partial charge < -0.3 is 4.90 Å². The molecule has 2 fully saturated rings. The van der Waals surface area contributed by atoms with Gasteiger partial charge in [-0.05, 0) is 51.3 Å². The van der Waals surface area contributed by atoms with Gasteiger partial charge in [0.05, 0.1) is 22.4 Å². The number of fused-ring (bicyclic) bond motifs is 1. The molecule has 0 saturated carbocycles. The Kier molecular flexibility index (Phi) is 5.16. The summed E-state index contributed by atoms with van der Waals surface area (Å²) in [6.45, 7) is 5.90. The van der Waals surface area contributed by atoms with Gasteiger partial charge in [0, 0.05) is 32.1 Å². The third kappa shape index (κ3) is 3.73. The fourth-order valence-electron chi connectivity index (χ4n) is 4.31. The Hall–Kier alpha value is -2.01. The second kappa shape index (κ2) is 7.70. The highest BCUT2D eigenvalue weighted by Gasteiger charge is 2.26. The maximum atomic E-state index is 11.9. The first-order chi connectivity index (χ1) is 12.7. The van der Waals surface area contributed by atoms with E-state index in [-0.39, 0.29) is 0 Å². The molecule has 0 unspecified atom stereocenters. The Labute approximate surface area is 155 Å². The molecular weight excluding hydrogens is 324 g/mol. The third-order valence-corrected chi connectivity index (χ3v) is 5.85. The highest BCUT2D eigenvalue weighted by atomic mass is 16.2. The summed E-state index contributed by atoms with van der Waals surface area (Å²) < 4.78 is 0. The number of hydrogen-bond donors (Lipinski definition) is 0. The fourth-order valence-corrected chi connectivity index (χ4v) is 4.31. The van der Waals surface area contributed by atoms with Gasteiger partial charge in [-0.1, -0.05) is 18.6 Å². The average Bonchev–Trinajstić information content (AvgIpc) is 3.06. The van der Waals surface area contributed by atoms with Crippen molar-refractivity contribution in [3.63, 3.8) is 0 Å². The van der Waals surface area contributed by atoms with Crippen molar-refractivity contribution in [1.29, 1.82) is 0 Å².